The van der Waals surface area contributed by atoms with Crippen LogP contribution in [0, 0.1) is 0 Å². The van der Waals surface area contributed by atoms with Crippen LogP contribution in [0.3, 0.4) is 0 Å². The fraction of sp³-hybridized carbons (Fsp3) is 0.250. The second-order valence-corrected chi connectivity index (χ2v) is 2.77. The monoisotopic (exact) mass is 217 g/mol. The predicted octanol–water partition coefficient (Wildman–Crippen LogP) is 0.758. The van der Waals surface area contributed by atoms with E-state index < -0.39 is 23.5 Å². The Morgan fingerprint density at radius 2 is 2.20 bits per heavy atom. The summed E-state index contributed by atoms with van der Waals surface area (Å²) in [6.07, 6.45) is -2.92. The van der Waals surface area contributed by atoms with Crippen LogP contribution in [0.25, 0.3) is 0 Å². The molecule has 0 atom stereocenters. The summed E-state index contributed by atoms with van der Waals surface area (Å²) in [7, 11) is 0. The normalized spacial score (nSPS) is 10.7. The number of aromatic nitrogens is 1. The number of carboxylic acid groups (broad SMARTS) is 1. The maximum absolute atomic E-state index is 12.5. The lowest BCUT2D eigenvalue weighted by Crippen LogP contribution is -2.14. The first-order valence-corrected chi connectivity index (χ1v) is 3.98. The van der Waals surface area contributed by atoms with Crippen LogP contribution in [0.5, 0.6) is 0 Å². The summed E-state index contributed by atoms with van der Waals surface area (Å²) < 4.78 is 25.0. The molecule has 0 amide bonds. The van der Waals surface area contributed by atoms with Gasteiger partial charge in [0.25, 0.3) is 6.43 Å². The van der Waals surface area contributed by atoms with Gasteiger partial charge in [-0.2, -0.15) is 0 Å². The van der Waals surface area contributed by atoms with Gasteiger partial charge in [-0.15, -0.1) is 0 Å². The van der Waals surface area contributed by atoms with Crippen LogP contribution >= 0.6 is 0 Å². The SMILES string of the molecule is NCc1nc(N)cc(C(F)F)c1C(=O)O. The lowest BCUT2D eigenvalue weighted by atomic mass is 10.1. The summed E-state index contributed by atoms with van der Waals surface area (Å²) in [5.41, 5.74) is 9.08. The van der Waals surface area contributed by atoms with Crippen LogP contribution in [-0.2, 0) is 6.54 Å². The van der Waals surface area contributed by atoms with Crippen molar-refractivity contribution in [1.29, 1.82) is 0 Å². The second kappa shape index (κ2) is 4.18. The van der Waals surface area contributed by atoms with E-state index in [1.807, 2.05) is 0 Å². The Kier molecular flexibility index (Phi) is 3.15. The molecule has 0 aliphatic rings. The quantitative estimate of drug-likeness (QED) is 0.693. The van der Waals surface area contributed by atoms with Gasteiger partial charge in [-0.1, -0.05) is 0 Å². The zero-order valence-corrected chi connectivity index (χ0v) is 7.58. The lowest BCUT2D eigenvalue weighted by molar-refractivity contribution is 0.0682. The number of halogens is 2. The van der Waals surface area contributed by atoms with E-state index >= 15 is 0 Å². The van der Waals surface area contributed by atoms with E-state index in [0.29, 0.717) is 0 Å². The zero-order valence-electron chi connectivity index (χ0n) is 7.58. The molecule has 15 heavy (non-hydrogen) atoms. The average molecular weight is 217 g/mol. The van der Waals surface area contributed by atoms with Crippen molar-refractivity contribution >= 4 is 11.8 Å². The third-order valence-electron chi connectivity index (χ3n) is 1.79. The van der Waals surface area contributed by atoms with E-state index in [2.05, 4.69) is 4.98 Å². The molecular formula is C8H9F2N3O2. The Bertz CT molecular complexity index is 396. The Labute approximate surface area is 83.7 Å². The highest BCUT2D eigenvalue weighted by Gasteiger charge is 2.22. The van der Waals surface area contributed by atoms with E-state index in [0.717, 1.165) is 6.07 Å². The molecule has 82 valence electrons. The van der Waals surface area contributed by atoms with Crippen LogP contribution in [-0.4, -0.2) is 16.1 Å². The van der Waals surface area contributed by atoms with Crippen LogP contribution in [0.1, 0.15) is 28.0 Å². The Balaban J connectivity index is 3.47. The number of aromatic carboxylic acids is 1. The number of carbonyl (C=O) groups is 1. The molecule has 0 saturated carbocycles. The minimum atomic E-state index is -2.92. The van der Waals surface area contributed by atoms with Gasteiger partial charge < -0.3 is 16.6 Å². The van der Waals surface area contributed by atoms with E-state index in [-0.39, 0.29) is 18.1 Å². The molecule has 1 heterocycles. The molecule has 0 aliphatic heterocycles. The van der Waals surface area contributed by atoms with Gasteiger partial charge in [-0.25, -0.2) is 18.6 Å². The van der Waals surface area contributed by atoms with Crippen LogP contribution in [0.15, 0.2) is 6.07 Å². The topological polar surface area (TPSA) is 102 Å². The number of alkyl halides is 2. The molecule has 0 fully saturated rings. The highest BCUT2D eigenvalue weighted by Crippen LogP contribution is 2.26. The predicted molar refractivity (Wildman–Crippen MR) is 48.5 cm³/mol. The lowest BCUT2D eigenvalue weighted by Gasteiger charge is -2.09. The molecule has 0 radical (unpaired) electrons. The number of nitrogens with zero attached hydrogens (tertiary/aromatic N) is 1. The molecule has 0 bridgehead atoms. The number of nitrogens with two attached hydrogens (primary N) is 2. The van der Waals surface area contributed by atoms with Gasteiger partial charge in [0.1, 0.15) is 5.82 Å². The molecule has 0 spiro atoms. The van der Waals surface area contributed by atoms with Gasteiger partial charge in [0, 0.05) is 12.1 Å². The van der Waals surface area contributed by atoms with Crippen molar-refractivity contribution in [2.24, 2.45) is 5.73 Å². The first-order valence-electron chi connectivity index (χ1n) is 3.98. The van der Waals surface area contributed by atoms with Crippen molar-refractivity contribution in [2.75, 3.05) is 5.73 Å². The second-order valence-electron chi connectivity index (χ2n) is 2.77. The Morgan fingerprint density at radius 1 is 1.60 bits per heavy atom. The van der Waals surface area contributed by atoms with Crippen LogP contribution in [0.2, 0.25) is 0 Å². The number of pyridine rings is 1. The fourth-order valence-corrected chi connectivity index (χ4v) is 1.21. The summed E-state index contributed by atoms with van der Waals surface area (Å²) in [4.78, 5) is 14.3. The third-order valence-corrected chi connectivity index (χ3v) is 1.79. The molecule has 0 aromatic carbocycles. The molecule has 0 unspecified atom stereocenters. The highest BCUT2D eigenvalue weighted by atomic mass is 19.3. The molecular weight excluding hydrogens is 208 g/mol. The summed E-state index contributed by atoms with van der Waals surface area (Å²) >= 11 is 0. The molecule has 1 rings (SSSR count). The molecule has 5 N–H and O–H groups in total. The molecule has 0 saturated heterocycles. The van der Waals surface area contributed by atoms with Crippen molar-refractivity contribution in [1.82, 2.24) is 4.98 Å². The van der Waals surface area contributed by atoms with Gasteiger partial charge >= 0.3 is 5.97 Å². The van der Waals surface area contributed by atoms with Crippen LogP contribution < -0.4 is 11.5 Å². The van der Waals surface area contributed by atoms with Crippen molar-refractivity contribution in [2.45, 2.75) is 13.0 Å². The van der Waals surface area contributed by atoms with E-state index in [9.17, 15) is 13.6 Å². The van der Waals surface area contributed by atoms with Gasteiger partial charge in [0.2, 0.25) is 0 Å². The van der Waals surface area contributed by atoms with Gasteiger partial charge in [-0.05, 0) is 6.07 Å². The number of hydrogen-bond acceptors (Lipinski definition) is 4. The van der Waals surface area contributed by atoms with E-state index in [4.69, 9.17) is 16.6 Å². The Morgan fingerprint density at radius 3 is 2.60 bits per heavy atom. The minimum Gasteiger partial charge on any atom is -0.478 e. The molecule has 7 heteroatoms. The summed E-state index contributed by atoms with van der Waals surface area (Å²) in [6.45, 7) is -0.258. The van der Waals surface area contributed by atoms with Crippen molar-refractivity contribution < 1.29 is 18.7 Å². The van der Waals surface area contributed by atoms with Gasteiger partial charge in [0.05, 0.1) is 11.3 Å². The van der Waals surface area contributed by atoms with Gasteiger partial charge in [-0.3, -0.25) is 0 Å². The van der Waals surface area contributed by atoms with Crippen molar-refractivity contribution in [3.8, 4) is 0 Å². The zero-order chi connectivity index (χ0) is 11.6. The van der Waals surface area contributed by atoms with E-state index in [1.54, 1.807) is 0 Å². The van der Waals surface area contributed by atoms with E-state index in [1.165, 1.54) is 0 Å². The summed E-state index contributed by atoms with van der Waals surface area (Å²) in [5.74, 6) is -1.66. The molecule has 1 aromatic heterocycles. The summed E-state index contributed by atoms with van der Waals surface area (Å²) in [5, 5.41) is 8.75. The maximum Gasteiger partial charge on any atom is 0.338 e. The number of hydrogen-bond donors (Lipinski definition) is 3. The van der Waals surface area contributed by atoms with Crippen LogP contribution in [0.4, 0.5) is 14.6 Å². The highest BCUT2D eigenvalue weighted by molar-refractivity contribution is 5.91. The Hall–Kier alpha value is -1.76. The smallest absolute Gasteiger partial charge is 0.338 e. The third kappa shape index (κ3) is 2.18. The molecule has 5 nitrogen and oxygen atoms in total. The molecule has 1 aromatic rings. The molecule has 0 aliphatic carbocycles. The fourth-order valence-electron chi connectivity index (χ4n) is 1.21. The minimum absolute atomic E-state index is 0.141. The number of carboxylic acids is 1. The summed E-state index contributed by atoms with van der Waals surface area (Å²) in [6, 6.07) is 0.841. The number of rotatable bonds is 3. The average Bonchev–Trinajstić information content (AvgIpc) is 2.15. The maximum atomic E-state index is 12.5. The van der Waals surface area contributed by atoms with Crippen molar-refractivity contribution in [3.05, 3.63) is 22.9 Å². The first kappa shape index (κ1) is 11.3. The standard InChI is InChI=1S/C8H9F2N3O2/c9-7(10)3-1-5(12)13-4(2-11)6(3)8(14)15/h1,7H,2,11H2,(H2,12,13)(H,14,15). The van der Waals surface area contributed by atoms with Gasteiger partial charge in [0.15, 0.2) is 0 Å². The van der Waals surface area contributed by atoms with Crippen molar-refractivity contribution in [3.63, 3.8) is 0 Å². The first-order chi connectivity index (χ1) is 6.97. The largest absolute Gasteiger partial charge is 0.478 e. The number of nitrogen functional groups attached to an aromatic ring is 1. The number of anilines is 1.